The first-order valence-electron chi connectivity index (χ1n) is 14.4. The lowest BCUT2D eigenvalue weighted by Gasteiger charge is -2.39. The van der Waals surface area contributed by atoms with Crippen molar-refractivity contribution in [2.24, 2.45) is 9.98 Å². The number of amidine groups is 2. The van der Waals surface area contributed by atoms with Crippen LogP contribution in [0.15, 0.2) is 58.5 Å². The fourth-order valence-corrected chi connectivity index (χ4v) is 5.75. The Balaban J connectivity index is 1.86. The van der Waals surface area contributed by atoms with Gasteiger partial charge in [-0.1, -0.05) is 49.7 Å². The second kappa shape index (κ2) is 13.2. The van der Waals surface area contributed by atoms with E-state index in [0.717, 1.165) is 47.4 Å². The van der Waals surface area contributed by atoms with Crippen LogP contribution in [-0.2, 0) is 25.2 Å². The molecule has 1 aliphatic heterocycles. The molecule has 0 N–H and O–H groups in total. The zero-order valence-corrected chi connectivity index (χ0v) is 26.1. The highest BCUT2D eigenvalue weighted by Crippen LogP contribution is 2.38. The van der Waals surface area contributed by atoms with Crippen molar-refractivity contribution in [2.45, 2.75) is 66.2 Å². The summed E-state index contributed by atoms with van der Waals surface area (Å²) in [5.41, 5.74) is 1.73. The zero-order chi connectivity index (χ0) is 32.4. The number of hydrogen-bond donors (Lipinski definition) is 0. The van der Waals surface area contributed by atoms with E-state index in [0.29, 0.717) is 30.9 Å². The summed E-state index contributed by atoms with van der Waals surface area (Å²) in [6, 6.07) is 11.1. The predicted octanol–water partition coefficient (Wildman–Crippen LogP) is 9.91. The van der Waals surface area contributed by atoms with Gasteiger partial charge in [0.25, 0.3) is 0 Å². The molecule has 11 heteroatoms. The highest BCUT2D eigenvalue weighted by Gasteiger charge is 2.38. The Kier molecular flexibility index (Phi) is 10.0. The van der Waals surface area contributed by atoms with Crippen molar-refractivity contribution in [2.75, 3.05) is 19.8 Å². The minimum absolute atomic E-state index is 0.0313. The Morgan fingerprint density at radius 3 is 1.89 bits per heavy atom. The maximum Gasteiger partial charge on any atom is 0.416 e. The maximum atomic E-state index is 13.9. The van der Waals surface area contributed by atoms with Gasteiger partial charge < -0.3 is 9.80 Å². The van der Waals surface area contributed by atoms with E-state index in [1.54, 1.807) is 17.9 Å². The van der Waals surface area contributed by atoms with Gasteiger partial charge in [0, 0.05) is 18.7 Å². The highest BCUT2D eigenvalue weighted by atomic mass is 35.5. The Morgan fingerprint density at radius 2 is 1.36 bits per heavy atom. The van der Waals surface area contributed by atoms with Crippen LogP contribution < -0.4 is 0 Å². The van der Waals surface area contributed by atoms with Gasteiger partial charge in [0.05, 0.1) is 34.2 Å². The van der Waals surface area contributed by atoms with Crippen LogP contribution >= 0.6 is 11.6 Å². The number of nitrogens with zero attached hydrogens (tertiary/aromatic N) is 4. The van der Waals surface area contributed by atoms with Crippen molar-refractivity contribution in [3.8, 4) is 0 Å². The van der Waals surface area contributed by atoms with Crippen molar-refractivity contribution in [1.29, 1.82) is 0 Å². The van der Waals surface area contributed by atoms with Crippen LogP contribution in [0.4, 0.5) is 37.7 Å². The van der Waals surface area contributed by atoms with Crippen molar-refractivity contribution < 1.29 is 26.3 Å². The van der Waals surface area contributed by atoms with Crippen LogP contribution in [-0.4, -0.2) is 41.2 Å². The molecule has 0 unspecified atom stereocenters. The third-order valence-corrected chi connectivity index (χ3v) is 7.94. The fraction of sp³-hybridized carbons (Fsp3) is 0.394. The van der Waals surface area contributed by atoms with Gasteiger partial charge in [0.1, 0.15) is 11.7 Å². The molecule has 0 radical (unpaired) electrons. The van der Waals surface area contributed by atoms with E-state index < -0.39 is 23.5 Å². The van der Waals surface area contributed by atoms with Crippen LogP contribution in [0, 0.1) is 13.8 Å². The largest absolute Gasteiger partial charge is 0.416 e. The lowest BCUT2D eigenvalue weighted by Crippen LogP contribution is -2.49. The Bertz CT molecular complexity index is 1500. The van der Waals surface area contributed by atoms with Crippen LogP contribution in [0.25, 0.3) is 0 Å². The molecule has 1 fully saturated rings. The molecule has 3 aromatic carbocycles. The Morgan fingerprint density at radius 1 is 0.795 bits per heavy atom. The lowest BCUT2D eigenvalue weighted by atomic mass is 10.0. The summed E-state index contributed by atoms with van der Waals surface area (Å²) < 4.78 is 83.2. The number of hydrogen-bond acceptors (Lipinski definition) is 2. The van der Waals surface area contributed by atoms with Gasteiger partial charge in [-0.25, -0.2) is 9.98 Å². The third kappa shape index (κ3) is 7.57. The molecule has 236 valence electrons. The summed E-state index contributed by atoms with van der Waals surface area (Å²) in [7, 11) is 0. The topological polar surface area (TPSA) is 31.2 Å². The summed E-state index contributed by atoms with van der Waals surface area (Å²) in [5.74, 6) is 0.658. The summed E-state index contributed by atoms with van der Waals surface area (Å²) in [5, 5.41) is 0.248. The van der Waals surface area contributed by atoms with E-state index >= 15 is 0 Å². The molecule has 0 bridgehead atoms. The van der Waals surface area contributed by atoms with E-state index in [1.165, 1.54) is 0 Å². The predicted molar refractivity (Wildman–Crippen MR) is 164 cm³/mol. The normalized spacial score (nSPS) is 15.3. The number of alkyl halides is 6. The molecular formula is C33H35ClF6N4. The third-order valence-electron chi connectivity index (χ3n) is 7.66. The minimum atomic E-state index is -5.00. The molecule has 0 aliphatic carbocycles. The molecule has 0 spiro atoms. The Hall–Kier alpha value is -3.53. The molecule has 4 rings (SSSR count). The molecule has 1 aliphatic rings. The smallest absolute Gasteiger partial charge is 0.342 e. The number of aryl methyl sites for hydroxylation is 4. The second-order valence-electron chi connectivity index (χ2n) is 11.0. The minimum Gasteiger partial charge on any atom is -0.342 e. The average Bonchev–Trinajstić information content (AvgIpc) is 2.95. The van der Waals surface area contributed by atoms with Crippen LogP contribution in [0.5, 0.6) is 0 Å². The molecule has 44 heavy (non-hydrogen) atoms. The van der Waals surface area contributed by atoms with E-state index in [1.807, 2.05) is 43.0 Å². The molecule has 4 nitrogen and oxygen atoms in total. The average molecular weight is 637 g/mol. The first-order valence-corrected chi connectivity index (χ1v) is 14.8. The number of benzene rings is 3. The second-order valence-corrected chi connectivity index (χ2v) is 11.4. The number of halogens is 7. The Labute approximate surface area is 259 Å². The van der Waals surface area contributed by atoms with Crippen molar-refractivity contribution >= 4 is 34.6 Å². The van der Waals surface area contributed by atoms with Gasteiger partial charge >= 0.3 is 12.4 Å². The maximum absolute atomic E-state index is 13.9. The van der Waals surface area contributed by atoms with Crippen molar-refractivity contribution in [3.05, 3.63) is 92.5 Å². The number of aliphatic imine (C=N–C) groups is 2. The molecule has 0 saturated carbocycles. The van der Waals surface area contributed by atoms with Gasteiger partial charge in [-0.05, 0) is 86.6 Å². The lowest BCUT2D eigenvalue weighted by molar-refractivity contribution is -0.143. The first kappa shape index (κ1) is 33.4. The molecular weight excluding hydrogens is 602 g/mol. The van der Waals surface area contributed by atoms with E-state index in [-0.39, 0.29) is 34.8 Å². The molecule has 1 saturated heterocycles. The first-order chi connectivity index (χ1) is 20.6. The highest BCUT2D eigenvalue weighted by molar-refractivity contribution is 6.33. The van der Waals surface area contributed by atoms with E-state index in [2.05, 4.69) is 18.8 Å². The van der Waals surface area contributed by atoms with Crippen LogP contribution in [0.1, 0.15) is 66.1 Å². The van der Waals surface area contributed by atoms with Crippen LogP contribution in [0.2, 0.25) is 5.02 Å². The SMILES string of the molecule is CCc1cccc(CC)c1/N=C(\C)N1CCCN(/C(=N/c2c(C)cc(C)cc2Cl)c2cc(C(F)(F)F)cc(C(F)(F)F)c2)C1. The number of para-hydroxylation sites is 1. The van der Waals surface area contributed by atoms with Gasteiger partial charge in [0.15, 0.2) is 0 Å². The van der Waals surface area contributed by atoms with Gasteiger partial charge in [0.2, 0.25) is 0 Å². The van der Waals surface area contributed by atoms with Gasteiger partial charge in [-0.3, -0.25) is 0 Å². The van der Waals surface area contributed by atoms with Gasteiger partial charge in [-0.2, -0.15) is 26.3 Å². The standard InChI is InChI=1S/C33H35ClF6N4/c1-6-23-10-8-11-24(7-2)30(23)41-22(5)43-12-9-13-44(19-43)31(42-29-21(4)14-20(3)15-28(29)34)25-16-26(32(35,36)37)18-27(17-25)33(38,39)40/h8,10-11,14-18H,6-7,9,12-13,19H2,1-5H3/b41-22+,42-31+. The molecule has 0 aromatic heterocycles. The fourth-order valence-electron chi connectivity index (χ4n) is 5.39. The summed E-state index contributed by atoms with van der Waals surface area (Å²) in [6.45, 7) is 10.7. The monoisotopic (exact) mass is 636 g/mol. The molecule has 3 aromatic rings. The van der Waals surface area contributed by atoms with Crippen molar-refractivity contribution in [3.63, 3.8) is 0 Å². The van der Waals surface area contributed by atoms with E-state index in [9.17, 15) is 26.3 Å². The molecule has 0 amide bonds. The summed E-state index contributed by atoms with van der Waals surface area (Å²) in [6.07, 6.45) is -7.85. The van der Waals surface area contributed by atoms with Gasteiger partial charge in [-0.15, -0.1) is 0 Å². The summed E-state index contributed by atoms with van der Waals surface area (Å²) in [4.78, 5) is 13.3. The van der Waals surface area contributed by atoms with Crippen LogP contribution in [0.3, 0.4) is 0 Å². The molecule has 1 heterocycles. The van der Waals surface area contributed by atoms with Crippen molar-refractivity contribution in [1.82, 2.24) is 9.80 Å². The quantitative estimate of drug-likeness (QED) is 0.159. The zero-order valence-electron chi connectivity index (χ0n) is 25.3. The summed E-state index contributed by atoms with van der Waals surface area (Å²) >= 11 is 6.52. The van der Waals surface area contributed by atoms with E-state index in [4.69, 9.17) is 16.6 Å². The molecule has 0 atom stereocenters. The number of rotatable bonds is 5.